The summed E-state index contributed by atoms with van der Waals surface area (Å²) in [6.45, 7) is 12.4. The zero-order chi connectivity index (χ0) is 26.3. The Morgan fingerprint density at radius 1 is 1.14 bits per heavy atom. The number of likely N-dealkylation sites (tertiary alicyclic amines) is 1. The van der Waals surface area contributed by atoms with Crippen molar-refractivity contribution in [3.8, 4) is 5.75 Å². The van der Waals surface area contributed by atoms with Crippen LogP contribution in [0.4, 0.5) is 22.2 Å². The van der Waals surface area contributed by atoms with Crippen LogP contribution in [0.1, 0.15) is 53.0 Å². The minimum absolute atomic E-state index is 0.319. The number of rotatable bonds is 9. The number of amides is 1. The van der Waals surface area contributed by atoms with Gasteiger partial charge in [-0.2, -0.15) is 4.98 Å². The van der Waals surface area contributed by atoms with Crippen LogP contribution < -0.4 is 20.7 Å². The van der Waals surface area contributed by atoms with Crippen LogP contribution in [0.15, 0.2) is 30.5 Å². The highest BCUT2D eigenvalue weighted by Gasteiger charge is 2.27. The molecule has 2 aromatic rings. The number of nitrogens with zero attached hydrogens (tertiary/aromatic N) is 4. The Hall–Kier alpha value is -3.56. The van der Waals surface area contributed by atoms with E-state index in [-0.39, 0.29) is 6.09 Å². The molecule has 3 rings (SSSR count). The molecule has 0 saturated carbocycles. The number of benzene rings is 1. The lowest BCUT2D eigenvalue weighted by molar-refractivity contribution is -0.155. The topological polar surface area (TPSA) is 123 Å². The van der Waals surface area contributed by atoms with Crippen LogP contribution in [0.5, 0.6) is 5.75 Å². The first kappa shape index (κ1) is 27.0. The molecule has 1 aliphatic rings. The molecule has 196 valence electrons. The number of esters is 1. The minimum atomic E-state index is -0.746. The van der Waals surface area contributed by atoms with Crippen LogP contribution in [0.3, 0.4) is 0 Å². The van der Waals surface area contributed by atoms with E-state index < -0.39 is 17.6 Å². The zero-order valence-corrected chi connectivity index (χ0v) is 21.9. The Kier molecular flexibility index (Phi) is 8.95. The molecule has 0 aliphatic carbocycles. The van der Waals surface area contributed by atoms with E-state index in [1.165, 1.54) is 0 Å². The Balaban J connectivity index is 1.77. The molecule has 1 fully saturated rings. The van der Waals surface area contributed by atoms with Crippen molar-refractivity contribution < 1.29 is 19.1 Å². The minimum Gasteiger partial charge on any atom is -0.458 e. The number of hydrogen-bond acceptors (Lipinski definition) is 9. The van der Waals surface area contributed by atoms with Crippen molar-refractivity contribution in [1.82, 2.24) is 14.9 Å². The van der Waals surface area contributed by atoms with E-state index in [9.17, 15) is 9.59 Å². The number of aromatic nitrogens is 2. The molecular weight excluding hydrogens is 460 g/mol. The molecule has 2 heterocycles. The van der Waals surface area contributed by atoms with Gasteiger partial charge >= 0.3 is 12.1 Å². The van der Waals surface area contributed by atoms with E-state index in [0.29, 0.717) is 29.6 Å². The molecule has 0 radical (unpaired) electrons. The smallest absolute Gasteiger partial charge is 0.415 e. The lowest BCUT2D eigenvalue weighted by atomic mass is 10.1. The highest BCUT2D eigenvalue weighted by Crippen LogP contribution is 2.23. The maximum Gasteiger partial charge on any atom is 0.415 e. The van der Waals surface area contributed by atoms with Gasteiger partial charge in [-0.05, 0) is 65.2 Å². The van der Waals surface area contributed by atoms with Crippen molar-refractivity contribution >= 4 is 29.5 Å². The first-order valence-corrected chi connectivity index (χ1v) is 12.5. The van der Waals surface area contributed by atoms with Gasteiger partial charge in [-0.15, -0.1) is 0 Å². The summed E-state index contributed by atoms with van der Waals surface area (Å²) < 4.78 is 11.1. The average Bonchev–Trinajstić information content (AvgIpc) is 3.36. The average molecular weight is 499 g/mol. The molecular formula is C26H38N6O4. The molecule has 10 nitrogen and oxygen atoms in total. The van der Waals surface area contributed by atoms with Gasteiger partial charge in [-0.1, -0.05) is 12.1 Å². The largest absolute Gasteiger partial charge is 0.458 e. The number of nitrogen functional groups attached to an aromatic ring is 1. The van der Waals surface area contributed by atoms with E-state index in [0.717, 1.165) is 44.6 Å². The molecule has 1 saturated heterocycles. The second-order valence-corrected chi connectivity index (χ2v) is 9.79. The number of ether oxygens (including phenoxy) is 2. The summed E-state index contributed by atoms with van der Waals surface area (Å²) in [6.07, 6.45) is 3.52. The fourth-order valence-corrected chi connectivity index (χ4v) is 3.88. The van der Waals surface area contributed by atoms with Gasteiger partial charge in [-0.25, -0.2) is 14.6 Å². The van der Waals surface area contributed by atoms with Crippen molar-refractivity contribution in [3.63, 3.8) is 0 Å². The van der Waals surface area contributed by atoms with Gasteiger partial charge in [-0.3, -0.25) is 0 Å². The third kappa shape index (κ3) is 7.47. The van der Waals surface area contributed by atoms with E-state index >= 15 is 0 Å². The predicted molar refractivity (Wildman–Crippen MR) is 140 cm³/mol. The van der Waals surface area contributed by atoms with E-state index in [4.69, 9.17) is 15.2 Å². The van der Waals surface area contributed by atoms with Gasteiger partial charge < -0.3 is 30.3 Å². The van der Waals surface area contributed by atoms with Crippen molar-refractivity contribution in [3.05, 3.63) is 36.0 Å². The van der Waals surface area contributed by atoms with Crippen molar-refractivity contribution in [2.24, 2.45) is 0 Å². The summed E-state index contributed by atoms with van der Waals surface area (Å²) >= 11 is 0. The highest BCUT2D eigenvalue weighted by molar-refractivity contribution is 5.81. The first-order valence-electron chi connectivity index (χ1n) is 12.5. The second kappa shape index (κ2) is 11.9. The number of hydrogen-bond donors (Lipinski definition) is 2. The van der Waals surface area contributed by atoms with Crippen LogP contribution in [0, 0.1) is 0 Å². The number of carbonyl (C=O) groups excluding carboxylic acids is 2. The molecule has 3 N–H and O–H groups in total. The molecule has 1 amide bonds. The van der Waals surface area contributed by atoms with Crippen LogP contribution in [-0.4, -0.2) is 64.8 Å². The zero-order valence-electron chi connectivity index (χ0n) is 21.9. The van der Waals surface area contributed by atoms with Crippen LogP contribution in [0.25, 0.3) is 0 Å². The molecule has 1 aromatic carbocycles. The van der Waals surface area contributed by atoms with E-state index in [1.54, 1.807) is 23.2 Å². The highest BCUT2D eigenvalue weighted by atomic mass is 16.6. The van der Waals surface area contributed by atoms with Gasteiger partial charge in [0, 0.05) is 32.6 Å². The molecule has 0 bridgehead atoms. The summed E-state index contributed by atoms with van der Waals surface area (Å²) in [4.78, 5) is 38.0. The summed E-state index contributed by atoms with van der Waals surface area (Å²) in [6, 6.07) is 6.37. The lowest BCUT2D eigenvalue weighted by Gasteiger charge is -2.26. The van der Waals surface area contributed by atoms with Gasteiger partial charge in [0.05, 0.1) is 11.9 Å². The number of carbonyl (C=O) groups is 2. The van der Waals surface area contributed by atoms with E-state index in [2.05, 4.69) is 15.3 Å². The Morgan fingerprint density at radius 2 is 1.78 bits per heavy atom. The molecule has 36 heavy (non-hydrogen) atoms. The quantitative estimate of drug-likeness (QED) is 0.496. The van der Waals surface area contributed by atoms with Crippen molar-refractivity contribution in [2.75, 3.05) is 42.1 Å². The molecule has 1 aliphatic heterocycles. The first-order chi connectivity index (χ1) is 17.1. The van der Waals surface area contributed by atoms with Crippen molar-refractivity contribution in [1.29, 1.82) is 0 Å². The normalized spacial score (nSPS) is 14.3. The van der Waals surface area contributed by atoms with Crippen molar-refractivity contribution in [2.45, 2.75) is 65.5 Å². The molecule has 10 heteroatoms. The molecule has 0 spiro atoms. The third-order valence-electron chi connectivity index (χ3n) is 5.79. The fraction of sp³-hybridized carbons (Fsp3) is 0.538. The number of nitrogens with one attached hydrogen (secondary N) is 1. The summed E-state index contributed by atoms with van der Waals surface area (Å²) in [5.74, 6) is 0.943. The van der Waals surface area contributed by atoms with Gasteiger partial charge in [0.2, 0.25) is 5.95 Å². The van der Waals surface area contributed by atoms with Gasteiger partial charge in [0.15, 0.2) is 5.82 Å². The summed E-state index contributed by atoms with van der Waals surface area (Å²) in [5.41, 5.74) is 6.68. The maximum absolute atomic E-state index is 13.1. The summed E-state index contributed by atoms with van der Waals surface area (Å²) in [7, 11) is 0. The maximum atomic E-state index is 13.1. The Morgan fingerprint density at radius 3 is 2.36 bits per heavy atom. The molecule has 1 atom stereocenters. The standard InChI is InChI=1S/C26H38N6O4/c1-6-31(7-2)24-28-17-20(27)22(30-24)29-21(23(33)36-26(3,4)5)16-18-10-12-19(13-11-18)35-25(34)32-14-8-9-15-32/h10-13,17,21H,6-9,14-16,27H2,1-5H3,(H,28,29,30)/t21-/m0/s1. The molecule has 0 unspecified atom stereocenters. The second-order valence-electron chi connectivity index (χ2n) is 9.79. The summed E-state index contributed by atoms with van der Waals surface area (Å²) in [5, 5.41) is 3.18. The predicted octanol–water partition coefficient (Wildman–Crippen LogP) is 3.86. The van der Waals surface area contributed by atoms with Gasteiger partial charge in [0.1, 0.15) is 17.4 Å². The Labute approximate surface area is 213 Å². The van der Waals surface area contributed by atoms with Gasteiger partial charge in [0.25, 0.3) is 0 Å². The van der Waals surface area contributed by atoms with Crippen LogP contribution in [0.2, 0.25) is 0 Å². The van der Waals surface area contributed by atoms with Crippen LogP contribution in [-0.2, 0) is 16.0 Å². The SMILES string of the molecule is CCN(CC)c1ncc(N)c(N[C@@H](Cc2ccc(OC(=O)N3CCCC3)cc2)C(=O)OC(C)(C)C)n1. The third-order valence-corrected chi connectivity index (χ3v) is 5.79. The number of anilines is 3. The monoisotopic (exact) mass is 498 g/mol. The lowest BCUT2D eigenvalue weighted by Crippen LogP contribution is -2.38. The number of nitrogens with two attached hydrogens (primary N) is 1. The van der Waals surface area contributed by atoms with Crippen LogP contribution >= 0.6 is 0 Å². The molecule has 1 aromatic heterocycles. The fourth-order valence-electron chi connectivity index (χ4n) is 3.88. The van der Waals surface area contributed by atoms with E-state index in [1.807, 2.05) is 51.7 Å². The Bertz CT molecular complexity index is 1030.